The third-order valence-electron chi connectivity index (χ3n) is 2.56. The Balaban J connectivity index is 0.000000861. The first kappa shape index (κ1) is 15.3. The standard InChI is InChI=1S/C14H11F3.C2H6/c1-10-5-4-6-11(9-10)12-7-2-3-8-13(12)14(15,16)17;1-2/h2-9H,1H3;1-2H3. The lowest BCUT2D eigenvalue weighted by Crippen LogP contribution is -2.06. The number of halogens is 3. The van der Waals surface area contributed by atoms with Gasteiger partial charge < -0.3 is 0 Å². The predicted molar refractivity (Wildman–Crippen MR) is 73.0 cm³/mol. The van der Waals surface area contributed by atoms with Crippen LogP contribution >= 0.6 is 0 Å². The number of hydrogen-bond acceptors (Lipinski definition) is 0. The van der Waals surface area contributed by atoms with Gasteiger partial charge in [0.15, 0.2) is 0 Å². The minimum absolute atomic E-state index is 0.226. The zero-order chi connectivity index (χ0) is 14.5. The molecule has 0 unspecified atom stereocenters. The van der Waals surface area contributed by atoms with Gasteiger partial charge in [0.1, 0.15) is 0 Å². The van der Waals surface area contributed by atoms with E-state index in [-0.39, 0.29) is 5.56 Å². The second kappa shape index (κ2) is 6.41. The molecule has 0 heterocycles. The molecule has 3 heteroatoms. The minimum atomic E-state index is -4.32. The Bertz CT molecular complexity index is 528. The van der Waals surface area contributed by atoms with Gasteiger partial charge in [-0.2, -0.15) is 13.2 Å². The molecular formula is C16H17F3. The van der Waals surface area contributed by atoms with Gasteiger partial charge >= 0.3 is 6.18 Å². The molecule has 0 saturated heterocycles. The summed E-state index contributed by atoms with van der Waals surface area (Å²) in [5, 5.41) is 0. The summed E-state index contributed by atoms with van der Waals surface area (Å²) in [6, 6.07) is 12.7. The molecule has 0 aliphatic carbocycles. The number of benzene rings is 2. The van der Waals surface area contributed by atoms with Crippen molar-refractivity contribution < 1.29 is 13.2 Å². The third kappa shape index (κ3) is 3.85. The Labute approximate surface area is 111 Å². The monoisotopic (exact) mass is 266 g/mol. The van der Waals surface area contributed by atoms with E-state index in [9.17, 15) is 13.2 Å². The van der Waals surface area contributed by atoms with E-state index >= 15 is 0 Å². The lowest BCUT2D eigenvalue weighted by Gasteiger charge is -2.13. The topological polar surface area (TPSA) is 0 Å². The molecule has 2 rings (SSSR count). The van der Waals surface area contributed by atoms with Crippen LogP contribution in [0.3, 0.4) is 0 Å². The van der Waals surface area contributed by atoms with Crippen molar-refractivity contribution in [1.82, 2.24) is 0 Å². The molecule has 0 amide bonds. The first-order valence-corrected chi connectivity index (χ1v) is 6.22. The Kier molecular flexibility index (Phi) is 5.16. The van der Waals surface area contributed by atoms with Crippen LogP contribution in [0.5, 0.6) is 0 Å². The van der Waals surface area contributed by atoms with E-state index in [0.717, 1.165) is 11.6 Å². The number of hydrogen-bond donors (Lipinski definition) is 0. The van der Waals surface area contributed by atoms with Crippen LogP contribution in [-0.2, 0) is 6.18 Å². The van der Waals surface area contributed by atoms with Gasteiger partial charge in [-0.1, -0.05) is 61.9 Å². The molecule has 0 fully saturated rings. The van der Waals surface area contributed by atoms with E-state index in [2.05, 4.69) is 0 Å². The average Bonchev–Trinajstić information content (AvgIpc) is 2.40. The highest BCUT2D eigenvalue weighted by molar-refractivity contribution is 5.68. The van der Waals surface area contributed by atoms with Crippen LogP contribution in [0.1, 0.15) is 25.0 Å². The minimum Gasteiger partial charge on any atom is -0.166 e. The smallest absolute Gasteiger partial charge is 0.166 e. The fraction of sp³-hybridized carbons (Fsp3) is 0.250. The summed E-state index contributed by atoms with van der Waals surface area (Å²) < 4.78 is 38.5. The molecule has 0 atom stereocenters. The predicted octanol–water partition coefficient (Wildman–Crippen LogP) is 5.71. The molecule has 19 heavy (non-hydrogen) atoms. The first-order chi connectivity index (χ1) is 8.98. The van der Waals surface area contributed by atoms with Crippen molar-refractivity contribution in [3.63, 3.8) is 0 Å². The van der Waals surface area contributed by atoms with Crippen LogP contribution in [0, 0.1) is 6.92 Å². The highest BCUT2D eigenvalue weighted by Crippen LogP contribution is 2.36. The third-order valence-corrected chi connectivity index (χ3v) is 2.56. The quantitative estimate of drug-likeness (QED) is 0.620. The summed E-state index contributed by atoms with van der Waals surface area (Å²) in [5.74, 6) is 0. The highest BCUT2D eigenvalue weighted by Gasteiger charge is 2.33. The molecule has 0 spiro atoms. The molecular weight excluding hydrogens is 249 g/mol. The van der Waals surface area contributed by atoms with Gasteiger partial charge in [-0.3, -0.25) is 0 Å². The van der Waals surface area contributed by atoms with Crippen molar-refractivity contribution in [3.05, 3.63) is 59.7 Å². The maximum atomic E-state index is 12.8. The van der Waals surface area contributed by atoms with E-state index < -0.39 is 11.7 Å². The molecule has 0 radical (unpaired) electrons. The number of rotatable bonds is 1. The van der Waals surface area contributed by atoms with Crippen LogP contribution in [0.25, 0.3) is 11.1 Å². The van der Waals surface area contributed by atoms with E-state index in [1.54, 1.807) is 24.3 Å². The van der Waals surface area contributed by atoms with Crippen molar-refractivity contribution in [2.24, 2.45) is 0 Å². The zero-order valence-electron chi connectivity index (χ0n) is 11.3. The summed E-state index contributed by atoms with van der Waals surface area (Å²) in [5.41, 5.74) is 1.17. The molecule has 0 nitrogen and oxygen atoms in total. The van der Waals surface area contributed by atoms with Gasteiger partial charge in [0.2, 0.25) is 0 Å². The molecule has 0 aliphatic rings. The molecule has 0 bridgehead atoms. The SMILES string of the molecule is CC.Cc1cccc(-c2ccccc2C(F)(F)F)c1. The summed E-state index contributed by atoms with van der Waals surface area (Å²) >= 11 is 0. The van der Waals surface area contributed by atoms with Crippen LogP contribution < -0.4 is 0 Å². The number of aryl methyl sites for hydroxylation is 1. The number of alkyl halides is 3. The Morgan fingerprint density at radius 2 is 1.47 bits per heavy atom. The Hall–Kier alpha value is -1.77. The fourth-order valence-electron chi connectivity index (χ4n) is 1.79. The lowest BCUT2D eigenvalue weighted by atomic mass is 9.98. The van der Waals surface area contributed by atoms with Gasteiger partial charge in [0.05, 0.1) is 5.56 Å². The average molecular weight is 266 g/mol. The van der Waals surface area contributed by atoms with E-state index in [1.165, 1.54) is 12.1 Å². The van der Waals surface area contributed by atoms with Crippen molar-refractivity contribution in [3.8, 4) is 11.1 Å². The first-order valence-electron chi connectivity index (χ1n) is 6.22. The largest absolute Gasteiger partial charge is 0.417 e. The molecule has 0 aromatic heterocycles. The summed E-state index contributed by atoms with van der Waals surface area (Å²) in [6.45, 7) is 5.86. The normalized spacial score (nSPS) is 10.6. The van der Waals surface area contributed by atoms with E-state index in [1.807, 2.05) is 26.8 Å². The molecule has 102 valence electrons. The van der Waals surface area contributed by atoms with Gasteiger partial charge in [-0.25, -0.2) is 0 Å². The maximum Gasteiger partial charge on any atom is 0.417 e. The fourth-order valence-corrected chi connectivity index (χ4v) is 1.79. The maximum absolute atomic E-state index is 12.8. The molecule has 2 aromatic carbocycles. The van der Waals surface area contributed by atoms with Gasteiger partial charge in [-0.15, -0.1) is 0 Å². The van der Waals surface area contributed by atoms with Crippen molar-refractivity contribution in [1.29, 1.82) is 0 Å². The lowest BCUT2D eigenvalue weighted by molar-refractivity contribution is -0.137. The molecule has 0 saturated carbocycles. The van der Waals surface area contributed by atoms with Gasteiger partial charge in [-0.05, 0) is 24.1 Å². The van der Waals surface area contributed by atoms with E-state index in [4.69, 9.17) is 0 Å². The molecule has 0 aliphatic heterocycles. The van der Waals surface area contributed by atoms with Crippen LogP contribution in [0.2, 0.25) is 0 Å². The Morgan fingerprint density at radius 3 is 2.05 bits per heavy atom. The van der Waals surface area contributed by atoms with Crippen molar-refractivity contribution in [2.45, 2.75) is 26.9 Å². The van der Waals surface area contributed by atoms with Gasteiger partial charge in [0.25, 0.3) is 0 Å². The summed E-state index contributed by atoms with van der Waals surface area (Å²) in [7, 11) is 0. The van der Waals surface area contributed by atoms with Crippen LogP contribution in [0.15, 0.2) is 48.5 Å². The molecule has 0 N–H and O–H groups in total. The van der Waals surface area contributed by atoms with Crippen molar-refractivity contribution >= 4 is 0 Å². The highest BCUT2D eigenvalue weighted by atomic mass is 19.4. The second-order valence-electron chi connectivity index (χ2n) is 3.91. The Morgan fingerprint density at radius 1 is 0.842 bits per heavy atom. The summed E-state index contributed by atoms with van der Waals surface area (Å²) in [4.78, 5) is 0. The second-order valence-corrected chi connectivity index (χ2v) is 3.91. The van der Waals surface area contributed by atoms with Crippen LogP contribution in [0.4, 0.5) is 13.2 Å². The zero-order valence-corrected chi connectivity index (χ0v) is 11.3. The van der Waals surface area contributed by atoms with Crippen molar-refractivity contribution in [2.75, 3.05) is 0 Å². The van der Waals surface area contributed by atoms with Gasteiger partial charge in [0, 0.05) is 0 Å². The summed E-state index contributed by atoms with van der Waals surface area (Å²) in [6.07, 6.45) is -4.32. The van der Waals surface area contributed by atoms with Crippen LogP contribution in [-0.4, -0.2) is 0 Å². The molecule has 2 aromatic rings. The van der Waals surface area contributed by atoms with E-state index in [0.29, 0.717) is 5.56 Å².